The Morgan fingerprint density at radius 2 is 2.19 bits per heavy atom. The van der Waals surface area contributed by atoms with Crippen LogP contribution in [0, 0.1) is 11.8 Å². The second kappa shape index (κ2) is 4.99. The van der Waals surface area contributed by atoms with Crippen LogP contribution in [0.2, 0.25) is 5.15 Å². The zero-order valence-electron chi connectivity index (χ0n) is 7.81. The molecular formula is C10H5ClF3NO. The molecular weight excluding hydrogens is 243 g/mol. The molecule has 0 aliphatic rings. The topological polar surface area (TPSA) is 30.0 Å². The largest absolute Gasteiger partial charge is 0.419 e. The molecule has 1 rings (SSSR count). The first kappa shape index (κ1) is 12.5. The van der Waals surface area contributed by atoms with E-state index in [0.29, 0.717) is 6.29 Å². The van der Waals surface area contributed by atoms with Gasteiger partial charge < -0.3 is 4.79 Å². The minimum atomic E-state index is -4.56. The maximum atomic E-state index is 12.4. The fraction of sp³-hybridized carbons (Fsp3) is 0.200. The van der Waals surface area contributed by atoms with Crippen molar-refractivity contribution in [3.05, 3.63) is 28.5 Å². The van der Waals surface area contributed by atoms with Crippen LogP contribution in [0.5, 0.6) is 0 Å². The van der Waals surface area contributed by atoms with Gasteiger partial charge in [0.05, 0.1) is 12.0 Å². The van der Waals surface area contributed by atoms with Crippen molar-refractivity contribution in [3.8, 4) is 11.8 Å². The van der Waals surface area contributed by atoms with E-state index in [4.69, 9.17) is 11.6 Å². The van der Waals surface area contributed by atoms with Gasteiger partial charge in [0.1, 0.15) is 11.4 Å². The van der Waals surface area contributed by atoms with Crippen LogP contribution in [0.3, 0.4) is 0 Å². The van der Waals surface area contributed by atoms with E-state index in [2.05, 4.69) is 16.8 Å². The van der Waals surface area contributed by atoms with Gasteiger partial charge in [-0.05, 0) is 6.07 Å². The molecule has 1 aromatic rings. The zero-order valence-corrected chi connectivity index (χ0v) is 8.56. The number of aldehydes is 1. The number of pyridine rings is 1. The van der Waals surface area contributed by atoms with Crippen molar-refractivity contribution in [2.45, 2.75) is 12.6 Å². The van der Waals surface area contributed by atoms with Crippen LogP contribution >= 0.6 is 11.6 Å². The van der Waals surface area contributed by atoms with Gasteiger partial charge in [-0.3, -0.25) is 0 Å². The molecule has 0 bridgehead atoms. The van der Waals surface area contributed by atoms with E-state index in [1.54, 1.807) is 0 Å². The summed E-state index contributed by atoms with van der Waals surface area (Å²) in [5.41, 5.74) is -0.967. The molecule has 0 radical (unpaired) electrons. The van der Waals surface area contributed by atoms with Gasteiger partial charge >= 0.3 is 6.18 Å². The summed E-state index contributed by atoms with van der Waals surface area (Å²) in [5.74, 6) is 4.76. The molecule has 84 valence electrons. The van der Waals surface area contributed by atoms with Crippen LogP contribution in [-0.4, -0.2) is 11.3 Å². The summed E-state index contributed by atoms with van der Waals surface area (Å²) >= 11 is 5.31. The van der Waals surface area contributed by atoms with Crippen LogP contribution in [0.15, 0.2) is 12.3 Å². The van der Waals surface area contributed by atoms with Crippen LogP contribution in [-0.2, 0) is 11.0 Å². The number of hydrogen-bond donors (Lipinski definition) is 0. The first-order valence-electron chi connectivity index (χ1n) is 4.10. The Morgan fingerprint density at radius 1 is 1.50 bits per heavy atom. The van der Waals surface area contributed by atoms with Gasteiger partial charge in [0.2, 0.25) is 0 Å². The highest BCUT2D eigenvalue weighted by molar-refractivity contribution is 6.30. The Balaban J connectivity index is 3.09. The minimum Gasteiger partial charge on any atom is -0.302 e. The van der Waals surface area contributed by atoms with Crippen LogP contribution < -0.4 is 0 Å². The normalized spacial score (nSPS) is 10.5. The molecule has 6 heteroatoms. The average Bonchev–Trinajstić information content (AvgIpc) is 2.19. The Kier molecular flexibility index (Phi) is 3.91. The molecule has 0 atom stereocenters. The predicted molar refractivity (Wildman–Crippen MR) is 51.8 cm³/mol. The molecule has 0 unspecified atom stereocenters. The molecule has 1 aromatic heterocycles. The molecule has 0 aliphatic carbocycles. The molecule has 0 saturated carbocycles. The smallest absolute Gasteiger partial charge is 0.302 e. The molecule has 0 aromatic carbocycles. The highest BCUT2D eigenvalue weighted by Gasteiger charge is 2.34. The summed E-state index contributed by atoms with van der Waals surface area (Å²) in [6.07, 6.45) is -2.92. The number of nitrogens with zero attached hydrogens (tertiary/aromatic N) is 1. The van der Waals surface area contributed by atoms with Crippen LogP contribution in [0.25, 0.3) is 0 Å². The van der Waals surface area contributed by atoms with E-state index in [0.717, 1.165) is 12.3 Å². The molecule has 0 aliphatic heterocycles. The van der Waals surface area contributed by atoms with Crippen molar-refractivity contribution in [1.82, 2.24) is 4.98 Å². The fourth-order valence-electron chi connectivity index (χ4n) is 0.910. The predicted octanol–water partition coefficient (Wildman–Crippen LogP) is 2.69. The molecule has 16 heavy (non-hydrogen) atoms. The zero-order chi connectivity index (χ0) is 12.2. The van der Waals surface area contributed by atoms with Gasteiger partial charge in [0.25, 0.3) is 0 Å². The van der Waals surface area contributed by atoms with Crippen molar-refractivity contribution in [2.75, 3.05) is 0 Å². The number of carbonyl (C=O) groups excluding carboxylic acids is 1. The van der Waals surface area contributed by atoms with E-state index >= 15 is 0 Å². The van der Waals surface area contributed by atoms with Crippen molar-refractivity contribution < 1.29 is 18.0 Å². The summed E-state index contributed by atoms with van der Waals surface area (Å²) < 4.78 is 37.2. The molecule has 1 heterocycles. The Labute approximate surface area is 94.4 Å². The van der Waals surface area contributed by atoms with E-state index < -0.39 is 16.9 Å². The monoisotopic (exact) mass is 247 g/mol. The van der Waals surface area contributed by atoms with Crippen molar-refractivity contribution in [3.63, 3.8) is 0 Å². The summed E-state index contributed by atoms with van der Waals surface area (Å²) in [7, 11) is 0. The number of carbonyl (C=O) groups is 1. The lowest BCUT2D eigenvalue weighted by atomic mass is 10.2. The minimum absolute atomic E-state index is 0.0377. The standard InChI is InChI=1S/C10H5ClF3NO/c11-9-8(10(12,13)14)5-7(6-15-9)3-1-2-4-16/h4-6H,2H2. The van der Waals surface area contributed by atoms with Gasteiger partial charge in [-0.15, -0.1) is 0 Å². The second-order valence-electron chi connectivity index (χ2n) is 2.73. The fourth-order valence-corrected chi connectivity index (χ4v) is 1.12. The van der Waals surface area contributed by atoms with E-state index in [-0.39, 0.29) is 12.0 Å². The van der Waals surface area contributed by atoms with Crippen LogP contribution in [0.4, 0.5) is 13.2 Å². The molecule has 0 amide bonds. The molecule has 0 N–H and O–H groups in total. The third-order valence-corrected chi connectivity index (χ3v) is 1.86. The molecule has 0 saturated heterocycles. The maximum Gasteiger partial charge on any atom is 0.419 e. The average molecular weight is 248 g/mol. The summed E-state index contributed by atoms with van der Waals surface area (Å²) in [6.45, 7) is 0. The number of aromatic nitrogens is 1. The lowest BCUT2D eigenvalue weighted by Crippen LogP contribution is -2.07. The third-order valence-electron chi connectivity index (χ3n) is 1.56. The first-order valence-corrected chi connectivity index (χ1v) is 4.48. The lowest BCUT2D eigenvalue weighted by molar-refractivity contribution is -0.137. The van der Waals surface area contributed by atoms with Gasteiger partial charge in [-0.1, -0.05) is 23.4 Å². The van der Waals surface area contributed by atoms with Crippen molar-refractivity contribution in [2.24, 2.45) is 0 Å². The Morgan fingerprint density at radius 3 is 2.75 bits per heavy atom. The van der Waals surface area contributed by atoms with E-state index in [1.807, 2.05) is 0 Å². The molecule has 0 spiro atoms. The molecule has 2 nitrogen and oxygen atoms in total. The van der Waals surface area contributed by atoms with Gasteiger partial charge in [-0.25, -0.2) is 4.98 Å². The van der Waals surface area contributed by atoms with Gasteiger partial charge in [0.15, 0.2) is 0 Å². The van der Waals surface area contributed by atoms with Crippen molar-refractivity contribution in [1.29, 1.82) is 0 Å². The summed E-state index contributed by atoms with van der Waals surface area (Å²) in [5, 5.41) is -0.617. The SMILES string of the molecule is O=CCC#Cc1cnc(Cl)c(C(F)(F)F)c1. The van der Waals surface area contributed by atoms with Gasteiger partial charge in [0, 0.05) is 11.8 Å². The molecule has 0 fully saturated rings. The first-order chi connectivity index (χ1) is 7.45. The van der Waals surface area contributed by atoms with Crippen molar-refractivity contribution >= 4 is 17.9 Å². The Bertz CT molecular complexity index is 459. The maximum absolute atomic E-state index is 12.4. The van der Waals surface area contributed by atoms with Crippen LogP contribution in [0.1, 0.15) is 17.5 Å². The number of rotatable bonds is 1. The highest BCUT2D eigenvalue weighted by atomic mass is 35.5. The van der Waals surface area contributed by atoms with Gasteiger partial charge in [-0.2, -0.15) is 13.2 Å². The number of hydrogen-bond acceptors (Lipinski definition) is 2. The van der Waals surface area contributed by atoms with E-state index in [9.17, 15) is 18.0 Å². The summed E-state index contributed by atoms with van der Waals surface area (Å²) in [4.78, 5) is 13.3. The summed E-state index contributed by atoms with van der Waals surface area (Å²) in [6, 6.07) is 0.799. The quantitative estimate of drug-likeness (QED) is 0.434. The second-order valence-corrected chi connectivity index (χ2v) is 3.09. The number of alkyl halides is 3. The number of halogens is 4. The lowest BCUT2D eigenvalue weighted by Gasteiger charge is -2.07. The van der Waals surface area contributed by atoms with E-state index in [1.165, 1.54) is 0 Å². The Hall–Kier alpha value is -1.54. The third kappa shape index (κ3) is 3.24. The highest BCUT2D eigenvalue weighted by Crippen LogP contribution is 2.33.